The molecule has 0 aliphatic heterocycles. The molecule has 1 amide bonds. The second kappa shape index (κ2) is 6.85. The maximum atomic E-state index is 12.1. The molecule has 0 radical (unpaired) electrons. The minimum atomic E-state index is -0.157. The van der Waals surface area contributed by atoms with Crippen molar-refractivity contribution in [3.63, 3.8) is 0 Å². The molecule has 6 heteroatoms. The number of halogens is 2. The average Bonchev–Trinajstić information content (AvgIpc) is 2.45. The van der Waals surface area contributed by atoms with Gasteiger partial charge >= 0.3 is 0 Å². The van der Waals surface area contributed by atoms with Crippen molar-refractivity contribution in [2.75, 3.05) is 7.11 Å². The van der Waals surface area contributed by atoms with Crippen LogP contribution in [0.5, 0.6) is 5.88 Å². The summed E-state index contributed by atoms with van der Waals surface area (Å²) >= 11 is 6.73. The summed E-state index contributed by atoms with van der Waals surface area (Å²) in [5.74, 6) is 0.359. The predicted octanol–water partition coefficient (Wildman–Crippen LogP) is 3.55. The van der Waals surface area contributed by atoms with E-state index >= 15 is 0 Å². The van der Waals surface area contributed by atoms with E-state index in [4.69, 9.17) is 4.74 Å². The van der Waals surface area contributed by atoms with Crippen molar-refractivity contribution < 1.29 is 9.53 Å². The highest BCUT2D eigenvalue weighted by molar-refractivity contribution is 9.11. The largest absolute Gasteiger partial charge is 0.481 e. The zero-order valence-electron chi connectivity index (χ0n) is 10.7. The number of hydrogen-bond acceptors (Lipinski definition) is 3. The van der Waals surface area contributed by atoms with Crippen LogP contribution in [0.2, 0.25) is 0 Å². The van der Waals surface area contributed by atoms with Crippen molar-refractivity contribution in [1.29, 1.82) is 0 Å². The monoisotopic (exact) mass is 398 g/mol. The predicted molar refractivity (Wildman–Crippen MR) is 83.8 cm³/mol. The van der Waals surface area contributed by atoms with E-state index in [0.29, 0.717) is 18.0 Å². The number of methoxy groups -OCH3 is 1. The molecule has 1 aromatic heterocycles. The molecule has 0 atom stereocenters. The van der Waals surface area contributed by atoms with Gasteiger partial charge in [0.05, 0.1) is 12.7 Å². The van der Waals surface area contributed by atoms with E-state index in [2.05, 4.69) is 42.2 Å². The first-order valence-corrected chi connectivity index (χ1v) is 7.41. The van der Waals surface area contributed by atoms with E-state index in [-0.39, 0.29) is 5.91 Å². The molecule has 4 nitrogen and oxygen atoms in total. The molecule has 0 fully saturated rings. The van der Waals surface area contributed by atoms with Crippen LogP contribution in [0.4, 0.5) is 0 Å². The van der Waals surface area contributed by atoms with Crippen molar-refractivity contribution in [3.8, 4) is 5.88 Å². The summed E-state index contributed by atoms with van der Waals surface area (Å²) in [4.78, 5) is 16.2. The van der Waals surface area contributed by atoms with Gasteiger partial charge < -0.3 is 10.1 Å². The number of amides is 1. The first-order chi connectivity index (χ1) is 9.61. The summed E-state index contributed by atoms with van der Waals surface area (Å²) in [5, 5.41) is 2.85. The topological polar surface area (TPSA) is 51.2 Å². The Morgan fingerprint density at radius 1 is 1.35 bits per heavy atom. The fourth-order valence-corrected chi connectivity index (χ4v) is 2.91. The van der Waals surface area contributed by atoms with Gasteiger partial charge in [0.2, 0.25) is 5.88 Å². The zero-order chi connectivity index (χ0) is 14.5. The second-order valence-electron chi connectivity index (χ2n) is 3.98. The normalized spacial score (nSPS) is 10.2. The van der Waals surface area contributed by atoms with Crippen molar-refractivity contribution in [2.45, 2.75) is 6.54 Å². The third-order valence-corrected chi connectivity index (χ3v) is 3.81. The van der Waals surface area contributed by atoms with Gasteiger partial charge in [-0.15, -0.1) is 0 Å². The van der Waals surface area contributed by atoms with Gasteiger partial charge in [0.15, 0.2) is 0 Å². The first-order valence-electron chi connectivity index (χ1n) is 5.83. The second-order valence-corrected chi connectivity index (χ2v) is 5.75. The van der Waals surface area contributed by atoms with Crippen LogP contribution in [0.15, 0.2) is 45.5 Å². The fourth-order valence-electron chi connectivity index (χ4n) is 1.69. The van der Waals surface area contributed by atoms with Gasteiger partial charge in [-0.3, -0.25) is 4.79 Å². The van der Waals surface area contributed by atoms with E-state index < -0.39 is 0 Å². The van der Waals surface area contributed by atoms with Crippen LogP contribution < -0.4 is 10.1 Å². The van der Waals surface area contributed by atoms with Crippen molar-refractivity contribution in [3.05, 3.63) is 56.6 Å². The summed E-state index contributed by atoms with van der Waals surface area (Å²) in [6.07, 6.45) is 1.65. The lowest BCUT2D eigenvalue weighted by Crippen LogP contribution is -2.23. The minimum Gasteiger partial charge on any atom is -0.481 e. The minimum absolute atomic E-state index is 0.157. The Balaban J connectivity index is 2.09. The smallest absolute Gasteiger partial charge is 0.252 e. The summed E-state index contributed by atoms with van der Waals surface area (Å²) in [6, 6.07) is 9.08. The van der Waals surface area contributed by atoms with Gasteiger partial charge in [-0.05, 0) is 40.2 Å². The Morgan fingerprint density at radius 2 is 2.15 bits per heavy atom. The number of nitrogens with one attached hydrogen (secondary N) is 1. The number of aromatic nitrogens is 1. The van der Waals surface area contributed by atoms with Crippen molar-refractivity contribution in [2.24, 2.45) is 0 Å². The van der Waals surface area contributed by atoms with Crippen molar-refractivity contribution >= 4 is 37.8 Å². The molecule has 1 aromatic carbocycles. The van der Waals surface area contributed by atoms with Gasteiger partial charge in [-0.2, -0.15) is 0 Å². The van der Waals surface area contributed by atoms with Crippen molar-refractivity contribution in [1.82, 2.24) is 10.3 Å². The van der Waals surface area contributed by atoms with Crippen LogP contribution in [-0.2, 0) is 6.54 Å². The number of hydrogen-bond donors (Lipinski definition) is 1. The molecule has 104 valence electrons. The molecule has 2 rings (SSSR count). The highest BCUT2D eigenvalue weighted by atomic mass is 79.9. The highest BCUT2D eigenvalue weighted by Gasteiger charge is 2.11. The third-order valence-electron chi connectivity index (χ3n) is 2.66. The number of rotatable bonds is 4. The van der Waals surface area contributed by atoms with Crippen LogP contribution in [0.1, 0.15) is 15.9 Å². The highest BCUT2D eigenvalue weighted by Crippen LogP contribution is 2.22. The van der Waals surface area contributed by atoms with E-state index in [1.165, 1.54) is 0 Å². The summed E-state index contributed by atoms with van der Waals surface area (Å²) in [6.45, 7) is 0.359. The lowest BCUT2D eigenvalue weighted by molar-refractivity contribution is 0.0950. The van der Waals surface area contributed by atoms with Crippen LogP contribution in [0.3, 0.4) is 0 Å². The maximum Gasteiger partial charge on any atom is 0.252 e. The molecule has 2 aromatic rings. The summed E-state index contributed by atoms with van der Waals surface area (Å²) < 4.78 is 6.80. The number of carbonyl (C=O) groups excluding carboxylic acids is 1. The van der Waals surface area contributed by atoms with E-state index in [1.807, 2.05) is 18.2 Å². The molecule has 20 heavy (non-hydrogen) atoms. The molecule has 0 aliphatic carbocycles. The molecule has 0 saturated heterocycles. The van der Waals surface area contributed by atoms with Crippen LogP contribution in [0, 0.1) is 0 Å². The molecule has 0 aliphatic rings. The quantitative estimate of drug-likeness (QED) is 0.855. The molecule has 1 N–H and O–H groups in total. The first kappa shape index (κ1) is 15.0. The van der Waals surface area contributed by atoms with Gasteiger partial charge in [-0.1, -0.05) is 22.0 Å². The number of carbonyl (C=O) groups is 1. The van der Waals surface area contributed by atoms with E-state index in [0.717, 1.165) is 14.5 Å². The molecule has 0 spiro atoms. The number of nitrogens with zero attached hydrogens (tertiary/aromatic N) is 1. The summed E-state index contributed by atoms with van der Waals surface area (Å²) in [7, 11) is 1.55. The summed E-state index contributed by atoms with van der Waals surface area (Å²) in [5.41, 5.74) is 1.41. The number of pyridine rings is 1. The SMILES string of the molecule is COc1ncccc1CNC(=O)c1ccc(Br)cc1Br. The molecule has 0 saturated carbocycles. The van der Waals surface area contributed by atoms with Gasteiger partial charge in [0, 0.05) is 27.3 Å². The molecule has 0 bridgehead atoms. The average molecular weight is 400 g/mol. The molecule has 0 unspecified atom stereocenters. The maximum absolute atomic E-state index is 12.1. The van der Waals surface area contributed by atoms with E-state index in [9.17, 15) is 4.79 Å². The Labute approximate surface area is 133 Å². The Kier molecular flexibility index (Phi) is 5.14. The zero-order valence-corrected chi connectivity index (χ0v) is 13.9. The standard InChI is InChI=1S/C14H12Br2N2O2/c1-20-14-9(3-2-6-17-14)8-18-13(19)11-5-4-10(15)7-12(11)16/h2-7H,8H2,1H3,(H,18,19). The number of benzene rings is 1. The van der Waals surface area contributed by atoms with Crippen LogP contribution in [-0.4, -0.2) is 18.0 Å². The lowest BCUT2D eigenvalue weighted by Gasteiger charge is -2.09. The molecular weight excluding hydrogens is 388 g/mol. The van der Waals surface area contributed by atoms with Gasteiger partial charge in [0.1, 0.15) is 0 Å². The van der Waals surface area contributed by atoms with E-state index in [1.54, 1.807) is 25.4 Å². The Morgan fingerprint density at radius 3 is 2.85 bits per heavy atom. The fraction of sp³-hybridized carbons (Fsp3) is 0.143. The Bertz CT molecular complexity index is 632. The van der Waals surface area contributed by atoms with Crippen LogP contribution in [0.25, 0.3) is 0 Å². The number of ether oxygens (including phenoxy) is 1. The van der Waals surface area contributed by atoms with Crippen LogP contribution >= 0.6 is 31.9 Å². The van der Waals surface area contributed by atoms with Gasteiger partial charge in [-0.25, -0.2) is 4.98 Å². The lowest BCUT2D eigenvalue weighted by atomic mass is 10.2. The molecule has 1 heterocycles. The van der Waals surface area contributed by atoms with Gasteiger partial charge in [0.25, 0.3) is 5.91 Å². The third kappa shape index (κ3) is 3.58. The molecular formula is C14H12Br2N2O2. The Hall–Kier alpha value is -1.40.